The predicted molar refractivity (Wildman–Crippen MR) is 132 cm³/mol. The van der Waals surface area contributed by atoms with E-state index in [9.17, 15) is 24.3 Å². The van der Waals surface area contributed by atoms with Gasteiger partial charge in [-0.25, -0.2) is 14.8 Å². The van der Waals surface area contributed by atoms with E-state index >= 15 is 0 Å². The van der Waals surface area contributed by atoms with Crippen molar-refractivity contribution in [2.24, 2.45) is 0 Å². The molecule has 188 valence electrons. The first kappa shape index (κ1) is 23.9. The van der Waals surface area contributed by atoms with Gasteiger partial charge in [0.25, 0.3) is 11.8 Å². The van der Waals surface area contributed by atoms with Crippen LogP contribution in [-0.2, 0) is 22.4 Å². The molecule has 0 bridgehead atoms. The second kappa shape index (κ2) is 9.69. The summed E-state index contributed by atoms with van der Waals surface area (Å²) in [7, 11) is 0. The maximum absolute atomic E-state index is 12.9. The Balaban J connectivity index is 1.23. The number of amides is 3. The highest BCUT2D eigenvalue weighted by molar-refractivity contribution is 5.97. The highest BCUT2D eigenvalue weighted by Crippen LogP contribution is 2.35. The van der Waals surface area contributed by atoms with Crippen LogP contribution in [0.15, 0.2) is 42.7 Å². The minimum Gasteiger partial charge on any atom is -0.482 e. The monoisotopic (exact) mass is 501 g/mol. The van der Waals surface area contributed by atoms with Crippen molar-refractivity contribution in [3.05, 3.63) is 76.2 Å². The molecule has 37 heavy (non-hydrogen) atoms. The number of nitrogens with one attached hydrogen (secondary N) is 3. The number of anilines is 2. The van der Waals surface area contributed by atoms with Crippen LogP contribution >= 0.6 is 0 Å². The second-order valence-corrected chi connectivity index (χ2v) is 8.86. The zero-order chi connectivity index (χ0) is 26.1. The Morgan fingerprint density at radius 2 is 2.00 bits per heavy atom. The molecule has 1 aliphatic heterocycles. The topological polar surface area (TPSA) is 160 Å². The SMILES string of the molecule is Cc1c(C(=O)O)ccc2c1CC[C@@H]2NC(=O)c1cc(NC(=O)Cc2ccc3c(c2)NC(=O)CO3)ncn1. The molecule has 0 spiro atoms. The number of rotatable bonds is 6. The molecule has 2 heterocycles. The number of hydrogen-bond donors (Lipinski definition) is 4. The number of nitrogens with zero attached hydrogens (tertiary/aromatic N) is 2. The van der Waals surface area contributed by atoms with Crippen LogP contribution < -0.4 is 20.7 Å². The Labute approximate surface area is 211 Å². The second-order valence-electron chi connectivity index (χ2n) is 8.86. The maximum Gasteiger partial charge on any atom is 0.335 e. The fraction of sp³-hybridized carbons (Fsp3) is 0.231. The van der Waals surface area contributed by atoms with Crippen LogP contribution in [0.5, 0.6) is 5.75 Å². The average Bonchev–Trinajstić information content (AvgIpc) is 3.27. The zero-order valence-electron chi connectivity index (χ0n) is 19.8. The first-order valence-electron chi connectivity index (χ1n) is 11.6. The van der Waals surface area contributed by atoms with E-state index in [4.69, 9.17) is 4.74 Å². The molecule has 0 saturated heterocycles. The summed E-state index contributed by atoms with van der Waals surface area (Å²) >= 11 is 0. The van der Waals surface area contributed by atoms with Crippen molar-refractivity contribution in [3.8, 4) is 5.75 Å². The van der Waals surface area contributed by atoms with Gasteiger partial charge in [0, 0.05) is 6.07 Å². The molecule has 0 radical (unpaired) electrons. The van der Waals surface area contributed by atoms with Gasteiger partial charge in [0.1, 0.15) is 23.6 Å². The molecular formula is C26H23N5O6. The molecule has 0 fully saturated rings. The summed E-state index contributed by atoms with van der Waals surface area (Å²) in [4.78, 5) is 56.5. The van der Waals surface area contributed by atoms with Crippen molar-refractivity contribution in [2.75, 3.05) is 17.2 Å². The van der Waals surface area contributed by atoms with Gasteiger partial charge in [0.05, 0.1) is 23.7 Å². The summed E-state index contributed by atoms with van der Waals surface area (Å²) in [5.74, 6) is -1.31. The van der Waals surface area contributed by atoms with Crippen molar-refractivity contribution in [3.63, 3.8) is 0 Å². The van der Waals surface area contributed by atoms with E-state index in [-0.39, 0.29) is 48.0 Å². The van der Waals surface area contributed by atoms with Crippen molar-refractivity contribution in [2.45, 2.75) is 32.2 Å². The third-order valence-electron chi connectivity index (χ3n) is 6.44. The molecule has 1 atom stereocenters. The lowest BCUT2D eigenvalue weighted by molar-refractivity contribution is -0.118. The molecule has 2 aliphatic rings. The molecular weight excluding hydrogens is 478 g/mol. The zero-order valence-corrected chi connectivity index (χ0v) is 19.8. The lowest BCUT2D eigenvalue weighted by atomic mass is 9.98. The lowest BCUT2D eigenvalue weighted by Gasteiger charge is -2.18. The van der Waals surface area contributed by atoms with Crippen molar-refractivity contribution in [1.29, 1.82) is 0 Å². The van der Waals surface area contributed by atoms with E-state index < -0.39 is 11.9 Å². The number of aromatic carboxylic acids is 1. The highest BCUT2D eigenvalue weighted by Gasteiger charge is 2.28. The normalized spacial score (nSPS) is 15.6. The van der Waals surface area contributed by atoms with Gasteiger partial charge < -0.3 is 25.8 Å². The van der Waals surface area contributed by atoms with Gasteiger partial charge in [-0.3, -0.25) is 14.4 Å². The summed E-state index contributed by atoms with van der Waals surface area (Å²) in [6.07, 6.45) is 2.52. The van der Waals surface area contributed by atoms with E-state index in [1.807, 2.05) is 0 Å². The number of hydrogen-bond acceptors (Lipinski definition) is 7. The van der Waals surface area contributed by atoms with E-state index in [1.165, 1.54) is 12.4 Å². The fourth-order valence-corrected chi connectivity index (χ4v) is 4.66. The lowest BCUT2D eigenvalue weighted by Crippen LogP contribution is -2.28. The number of fused-ring (bicyclic) bond motifs is 2. The van der Waals surface area contributed by atoms with Crippen LogP contribution in [-0.4, -0.2) is 45.4 Å². The summed E-state index contributed by atoms with van der Waals surface area (Å²) in [5.41, 5.74) is 4.06. The molecule has 11 heteroatoms. The Hall–Kier alpha value is -4.80. The molecule has 0 unspecified atom stereocenters. The molecule has 1 aliphatic carbocycles. The molecule has 11 nitrogen and oxygen atoms in total. The summed E-state index contributed by atoms with van der Waals surface area (Å²) in [6.45, 7) is 1.73. The Morgan fingerprint density at radius 1 is 1.16 bits per heavy atom. The van der Waals surface area contributed by atoms with Gasteiger partial charge in [0.2, 0.25) is 5.91 Å². The quantitative estimate of drug-likeness (QED) is 0.401. The number of carboxylic acids is 1. The van der Waals surface area contributed by atoms with Crippen molar-refractivity contribution in [1.82, 2.24) is 15.3 Å². The molecule has 2 aromatic carbocycles. The highest BCUT2D eigenvalue weighted by atomic mass is 16.5. The van der Waals surface area contributed by atoms with Crippen molar-refractivity contribution >= 4 is 35.2 Å². The van der Waals surface area contributed by atoms with Crippen molar-refractivity contribution < 1.29 is 29.0 Å². The summed E-state index contributed by atoms with van der Waals surface area (Å²) in [6, 6.07) is 9.51. The van der Waals surface area contributed by atoms with Gasteiger partial charge in [-0.05, 0) is 60.2 Å². The van der Waals surface area contributed by atoms with Gasteiger partial charge in [-0.15, -0.1) is 0 Å². The Bertz CT molecular complexity index is 1450. The van der Waals surface area contributed by atoms with Crippen LogP contribution in [0.3, 0.4) is 0 Å². The van der Waals surface area contributed by atoms with Gasteiger partial charge >= 0.3 is 5.97 Å². The first-order chi connectivity index (χ1) is 17.8. The minimum absolute atomic E-state index is 0.0191. The number of carbonyl (C=O) groups excluding carboxylic acids is 3. The van der Waals surface area contributed by atoms with E-state index in [0.29, 0.717) is 35.4 Å². The molecule has 3 amide bonds. The van der Waals surface area contributed by atoms with Gasteiger partial charge in [0.15, 0.2) is 6.61 Å². The third kappa shape index (κ3) is 4.96. The Kier molecular flexibility index (Phi) is 6.26. The molecule has 1 aromatic heterocycles. The van der Waals surface area contributed by atoms with Crippen LogP contribution in [0.1, 0.15) is 55.6 Å². The van der Waals surface area contributed by atoms with Crippen LogP contribution in [0.25, 0.3) is 0 Å². The number of ether oxygens (including phenoxy) is 1. The van der Waals surface area contributed by atoms with E-state index in [2.05, 4.69) is 25.9 Å². The first-order valence-corrected chi connectivity index (χ1v) is 11.6. The van der Waals surface area contributed by atoms with Crippen LogP contribution in [0.4, 0.5) is 11.5 Å². The minimum atomic E-state index is -0.976. The van der Waals surface area contributed by atoms with Crippen LogP contribution in [0.2, 0.25) is 0 Å². The van der Waals surface area contributed by atoms with E-state index in [0.717, 1.165) is 11.1 Å². The predicted octanol–water partition coefficient (Wildman–Crippen LogP) is 2.41. The van der Waals surface area contributed by atoms with E-state index in [1.54, 1.807) is 37.3 Å². The standard InChI is InChI=1S/C26H23N5O6/c1-13-15-5-6-18(17(15)4-3-16(13)26(35)36)30-25(34)20-10-22(28-12-27-20)31-23(32)9-14-2-7-21-19(8-14)29-24(33)11-37-21/h2-4,7-8,10,12,18H,5-6,9,11H2,1H3,(H,29,33)(H,30,34)(H,35,36)(H,27,28,31,32)/t18-/m0/s1. The smallest absolute Gasteiger partial charge is 0.335 e. The molecule has 4 N–H and O–H groups in total. The molecule has 5 rings (SSSR count). The maximum atomic E-state index is 12.9. The summed E-state index contributed by atoms with van der Waals surface area (Å²) in [5, 5.41) is 17.7. The fourth-order valence-electron chi connectivity index (χ4n) is 4.66. The summed E-state index contributed by atoms with van der Waals surface area (Å²) < 4.78 is 5.32. The molecule has 3 aromatic rings. The number of carboxylic acid groups (broad SMARTS) is 1. The largest absolute Gasteiger partial charge is 0.482 e. The number of aromatic nitrogens is 2. The average molecular weight is 501 g/mol. The van der Waals surface area contributed by atoms with Crippen LogP contribution in [0, 0.1) is 6.92 Å². The number of carbonyl (C=O) groups is 4. The molecule has 0 saturated carbocycles. The Morgan fingerprint density at radius 3 is 2.81 bits per heavy atom. The van der Waals surface area contributed by atoms with Gasteiger partial charge in [-0.2, -0.15) is 0 Å². The third-order valence-corrected chi connectivity index (χ3v) is 6.44. The van der Waals surface area contributed by atoms with Gasteiger partial charge in [-0.1, -0.05) is 12.1 Å². The number of benzene rings is 2.